The van der Waals surface area contributed by atoms with Gasteiger partial charge in [0.15, 0.2) is 0 Å². The Morgan fingerprint density at radius 3 is 2.55 bits per heavy atom. The summed E-state index contributed by atoms with van der Waals surface area (Å²) in [5.41, 5.74) is 2.26. The molecule has 2 aromatic heterocycles. The van der Waals surface area contributed by atoms with Crippen molar-refractivity contribution < 1.29 is 22.3 Å². The largest absolute Gasteiger partial charge is 0.476 e. The van der Waals surface area contributed by atoms with E-state index >= 15 is 4.39 Å². The zero-order valence-corrected chi connectivity index (χ0v) is 23.4. The van der Waals surface area contributed by atoms with Crippen molar-refractivity contribution in [1.82, 2.24) is 14.9 Å². The number of nitrogens with zero attached hydrogens (tertiary/aromatic N) is 4. The summed E-state index contributed by atoms with van der Waals surface area (Å²) in [7, 11) is 2.01. The topological polar surface area (TPSA) is 105 Å². The zero-order valence-electron chi connectivity index (χ0n) is 21.7. The van der Waals surface area contributed by atoms with Gasteiger partial charge in [0.2, 0.25) is 21.8 Å². The maximum absolute atomic E-state index is 15.4. The Hall–Kier alpha value is -3.02. The summed E-state index contributed by atoms with van der Waals surface area (Å²) in [6.07, 6.45) is 7.31. The third-order valence-electron chi connectivity index (χ3n) is 7.14. The average molecular weight is 564 g/mol. The van der Waals surface area contributed by atoms with Gasteiger partial charge in [-0.3, -0.25) is 14.5 Å². The molecule has 12 heteroatoms. The summed E-state index contributed by atoms with van der Waals surface area (Å²) in [6, 6.07) is 4.57. The predicted molar refractivity (Wildman–Crippen MR) is 148 cm³/mol. The van der Waals surface area contributed by atoms with Gasteiger partial charge in [0.25, 0.3) is 0 Å². The molecule has 1 spiro atoms. The second kappa shape index (κ2) is 10.3. The molecule has 1 aliphatic heterocycles. The normalized spacial score (nSPS) is 15.9. The maximum Gasteiger partial charge on any atom is 0.238 e. The van der Waals surface area contributed by atoms with Crippen LogP contribution in [0.25, 0.3) is 22.0 Å². The molecule has 3 aromatic rings. The number of benzene rings is 1. The minimum Gasteiger partial charge on any atom is -0.476 e. The van der Waals surface area contributed by atoms with Crippen LogP contribution in [0.4, 0.5) is 15.8 Å². The van der Waals surface area contributed by atoms with Gasteiger partial charge in [-0.05, 0) is 45.5 Å². The number of likely N-dealkylation sites (N-methyl/N-ethyl adjacent to an activating group) is 1. The van der Waals surface area contributed by atoms with Crippen LogP contribution in [0.1, 0.15) is 31.2 Å². The standard InChI is InChI=1S/C26H30FN5O4S.ClH/c1-31(2)9-6-10-36-24-21(30-37(4,34)35)11-16(14-29-24)17-12-18-20(13-19(17)27)28-15-22-23(18)26(7-5-8-26)25(33)32(22)3;/h11-15,30H,5-10H2,1-4H3;1H. The molecule has 1 amide bonds. The molecule has 1 aliphatic carbocycles. The first-order valence-corrected chi connectivity index (χ1v) is 14.1. The highest BCUT2D eigenvalue weighted by atomic mass is 35.5. The van der Waals surface area contributed by atoms with E-state index in [1.807, 2.05) is 19.0 Å². The van der Waals surface area contributed by atoms with E-state index in [1.165, 1.54) is 18.3 Å². The Morgan fingerprint density at radius 2 is 1.92 bits per heavy atom. The Morgan fingerprint density at radius 1 is 1.18 bits per heavy atom. The third kappa shape index (κ3) is 4.90. The molecule has 3 heterocycles. The van der Waals surface area contributed by atoms with Crippen molar-refractivity contribution in [1.29, 1.82) is 0 Å². The number of pyridine rings is 2. The van der Waals surface area contributed by atoms with Gasteiger partial charge >= 0.3 is 0 Å². The molecule has 1 fully saturated rings. The lowest BCUT2D eigenvalue weighted by molar-refractivity contribution is -0.125. The van der Waals surface area contributed by atoms with Crippen molar-refractivity contribution in [3.05, 3.63) is 42.0 Å². The van der Waals surface area contributed by atoms with Crippen LogP contribution in [0.15, 0.2) is 30.6 Å². The maximum atomic E-state index is 15.4. The molecule has 9 nitrogen and oxygen atoms in total. The van der Waals surface area contributed by atoms with Gasteiger partial charge < -0.3 is 14.5 Å². The monoisotopic (exact) mass is 563 g/mol. The zero-order chi connectivity index (χ0) is 26.5. The SMILES string of the molecule is CN(C)CCCOc1ncc(-c2cc3c4c(cnc3cc2F)N(C)C(=O)C42CCC2)cc1NS(C)(=O)=O.Cl. The smallest absolute Gasteiger partial charge is 0.238 e. The molecule has 0 bridgehead atoms. The molecule has 2 aliphatic rings. The lowest BCUT2D eigenvalue weighted by Crippen LogP contribution is -2.43. The quantitative estimate of drug-likeness (QED) is 0.414. The number of sulfonamides is 1. The molecule has 5 rings (SSSR count). The van der Waals surface area contributed by atoms with E-state index in [-0.39, 0.29) is 35.4 Å². The first-order chi connectivity index (χ1) is 17.5. The number of anilines is 2. The number of fused-ring (bicyclic) bond motifs is 4. The van der Waals surface area contributed by atoms with E-state index in [9.17, 15) is 13.2 Å². The second-order valence-electron chi connectivity index (χ2n) is 10.1. The molecule has 38 heavy (non-hydrogen) atoms. The van der Waals surface area contributed by atoms with Crippen molar-refractivity contribution in [2.45, 2.75) is 31.1 Å². The fourth-order valence-corrected chi connectivity index (χ4v) is 5.80. The number of nitrogens with one attached hydrogen (secondary N) is 1. The molecular weight excluding hydrogens is 533 g/mol. The van der Waals surface area contributed by atoms with Crippen molar-refractivity contribution >= 4 is 50.6 Å². The summed E-state index contributed by atoms with van der Waals surface area (Å²) in [5.74, 6) is -0.352. The van der Waals surface area contributed by atoms with Gasteiger partial charge in [-0.25, -0.2) is 17.8 Å². The lowest BCUT2D eigenvalue weighted by atomic mass is 9.64. The Balaban J connectivity index is 0.00000336. The Kier molecular flexibility index (Phi) is 7.57. The number of amides is 1. The molecule has 0 unspecified atom stereocenters. The molecule has 0 saturated heterocycles. The third-order valence-corrected chi connectivity index (χ3v) is 7.73. The summed E-state index contributed by atoms with van der Waals surface area (Å²) in [4.78, 5) is 25.5. The van der Waals surface area contributed by atoms with Crippen molar-refractivity contribution in [3.8, 4) is 17.0 Å². The fourth-order valence-electron chi connectivity index (χ4n) is 5.25. The highest BCUT2D eigenvalue weighted by molar-refractivity contribution is 7.92. The van der Waals surface area contributed by atoms with Crippen LogP contribution in [-0.2, 0) is 20.2 Å². The molecule has 0 atom stereocenters. The molecular formula is C26H31ClFN5O4S. The van der Waals surface area contributed by atoms with Crippen molar-refractivity contribution in [3.63, 3.8) is 0 Å². The number of rotatable bonds is 8. The van der Waals surface area contributed by atoms with Crippen LogP contribution in [0.2, 0.25) is 0 Å². The van der Waals surface area contributed by atoms with Crippen LogP contribution in [-0.4, -0.2) is 69.7 Å². The van der Waals surface area contributed by atoms with Crippen molar-refractivity contribution in [2.75, 3.05) is 50.2 Å². The van der Waals surface area contributed by atoms with E-state index in [2.05, 4.69) is 14.7 Å². The highest BCUT2D eigenvalue weighted by Crippen LogP contribution is 2.55. The minimum atomic E-state index is -3.64. The first-order valence-electron chi connectivity index (χ1n) is 12.2. The van der Waals surface area contributed by atoms with E-state index in [0.717, 1.165) is 49.7 Å². The molecule has 204 valence electrons. The van der Waals surface area contributed by atoms with Gasteiger partial charge in [0.1, 0.15) is 11.5 Å². The minimum absolute atomic E-state index is 0. The van der Waals surface area contributed by atoms with Gasteiger partial charge in [-0.1, -0.05) is 6.42 Å². The number of hydrogen-bond donors (Lipinski definition) is 1. The molecule has 1 saturated carbocycles. The van der Waals surface area contributed by atoms with E-state index < -0.39 is 21.3 Å². The lowest BCUT2D eigenvalue weighted by Gasteiger charge is -2.37. The average Bonchev–Trinajstić information content (AvgIpc) is 3.03. The van der Waals surface area contributed by atoms with Crippen LogP contribution >= 0.6 is 12.4 Å². The number of carbonyl (C=O) groups excluding carboxylic acids is 1. The van der Waals surface area contributed by atoms with Crippen LogP contribution in [0.3, 0.4) is 0 Å². The van der Waals surface area contributed by atoms with Crippen LogP contribution in [0.5, 0.6) is 5.88 Å². The van der Waals surface area contributed by atoms with Gasteiger partial charge in [-0.2, -0.15) is 0 Å². The molecule has 1 N–H and O–H groups in total. The number of ether oxygens (including phenoxy) is 1. The summed E-state index contributed by atoms with van der Waals surface area (Å²) >= 11 is 0. The first kappa shape index (κ1) is 28.0. The Bertz CT molecular complexity index is 1510. The summed E-state index contributed by atoms with van der Waals surface area (Å²) in [6.45, 7) is 1.14. The van der Waals surface area contributed by atoms with Gasteiger partial charge in [0, 0.05) is 47.9 Å². The van der Waals surface area contributed by atoms with Crippen LogP contribution < -0.4 is 14.4 Å². The summed E-state index contributed by atoms with van der Waals surface area (Å²) < 4.78 is 47.6. The number of hydrogen-bond acceptors (Lipinski definition) is 7. The molecule has 0 radical (unpaired) electrons. The Labute approximate surface area is 227 Å². The van der Waals surface area contributed by atoms with E-state index in [0.29, 0.717) is 23.1 Å². The summed E-state index contributed by atoms with van der Waals surface area (Å²) in [5, 5.41) is 0.716. The van der Waals surface area contributed by atoms with Gasteiger partial charge in [0.05, 0.1) is 35.7 Å². The molecule has 1 aromatic carbocycles. The van der Waals surface area contributed by atoms with E-state index in [1.54, 1.807) is 24.2 Å². The fraction of sp³-hybridized carbons (Fsp3) is 0.423. The van der Waals surface area contributed by atoms with Crippen molar-refractivity contribution in [2.24, 2.45) is 0 Å². The number of halogens is 2. The number of carbonyl (C=O) groups is 1. The highest BCUT2D eigenvalue weighted by Gasteiger charge is 2.54. The van der Waals surface area contributed by atoms with E-state index in [4.69, 9.17) is 4.74 Å². The number of aromatic nitrogens is 2. The van der Waals surface area contributed by atoms with Gasteiger partial charge in [-0.15, -0.1) is 12.4 Å². The predicted octanol–water partition coefficient (Wildman–Crippen LogP) is 3.96. The van der Waals surface area contributed by atoms with Crippen LogP contribution in [0, 0.1) is 5.82 Å². The second-order valence-corrected chi connectivity index (χ2v) is 11.9.